The Bertz CT molecular complexity index is 553. The predicted octanol–water partition coefficient (Wildman–Crippen LogP) is 2.25. The lowest BCUT2D eigenvalue weighted by Crippen LogP contribution is -2.60. The lowest BCUT2D eigenvalue weighted by molar-refractivity contribution is -0.696. The molecule has 0 amide bonds. The van der Waals surface area contributed by atoms with Crippen LogP contribution >= 0.6 is 0 Å². The highest BCUT2D eigenvalue weighted by Gasteiger charge is 2.73. The quantitative estimate of drug-likeness (QED) is 0.574. The first-order valence-electron chi connectivity index (χ1n) is 6.54. The fourth-order valence-electron chi connectivity index (χ4n) is 1.30. The highest BCUT2D eigenvalue weighted by atomic mass is 19.4. The molecule has 1 rings (SSSR count). The van der Waals surface area contributed by atoms with Crippen LogP contribution in [-0.4, -0.2) is 28.6 Å². The molecule has 0 spiro atoms. The van der Waals surface area contributed by atoms with Crippen LogP contribution in [0.1, 0.15) is 19.8 Å². The zero-order chi connectivity index (χ0) is 19.2. The summed E-state index contributed by atoms with van der Waals surface area (Å²) < 4.78 is 84.3. The summed E-state index contributed by atoms with van der Waals surface area (Å²) in [5.74, 6) is -16.7. The lowest BCUT2D eigenvalue weighted by Gasteiger charge is -2.28. The maximum Gasteiger partial charge on any atom is 0.460 e. The van der Waals surface area contributed by atoms with Crippen molar-refractivity contribution in [1.29, 1.82) is 0 Å². The predicted molar refractivity (Wildman–Crippen MR) is 66.9 cm³/mol. The molecule has 1 aromatic rings. The number of imidazole rings is 1. The number of unbranched alkanes of at least 4 members (excludes halogenated alkanes) is 1. The number of aliphatic carboxylic acids is 1. The minimum absolute atomic E-state index is 1.11. The molecular weight excluding hydrogens is 349 g/mol. The summed E-state index contributed by atoms with van der Waals surface area (Å²) in [7, 11) is 0. The normalized spacial score (nSPS) is 12.3. The molecule has 24 heavy (non-hydrogen) atoms. The van der Waals surface area contributed by atoms with Crippen LogP contribution in [0.3, 0.4) is 0 Å². The zero-order valence-corrected chi connectivity index (χ0v) is 12.5. The van der Waals surface area contributed by atoms with E-state index in [4.69, 9.17) is 0 Å². The number of aromatic nitrogens is 2. The molecule has 11 heteroatoms. The third-order valence-corrected chi connectivity index (χ3v) is 2.70. The van der Waals surface area contributed by atoms with Gasteiger partial charge < -0.3 is 9.90 Å². The average Bonchev–Trinajstić information content (AvgIpc) is 2.92. The number of alkyl halides is 7. The van der Waals surface area contributed by atoms with Crippen LogP contribution in [0.15, 0.2) is 25.3 Å². The number of carboxylic acid groups (broad SMARTS) is 1. The Kier molecular flexibility index (Phi) is 7.45. The number of rotatable bonds is 6. The minimum atomic E-state index is -6.64. The summed E-state index contributed by atoms with van der Waals surface area (Å²) in [5.41, 5.74) is 0. The molecule has 0 saturated carbocycles. The van der Waals surface area contributed by atoms with Gasteiger partial charge in [0.1, 0.15) is 18.4 Å². The number of carbonyl (C=O) groups is 1. The summed E-state index contributed by atoms with van der Waals surface area (Å²) in [4.78, 5) is 9.27. The van der Waals surface area contributed by atoms with E-state index in [0.29, 0.717) is 0 Å². The van der Waals surface area contributed by atoms with Crippen molar-refractivity contribution in [3.63, 3.8) is 0 Å². The van der Waals surface area contributed by atoms with Crippen LogP contribution in [-0.2, 0) is 11.3 Å². The second kappa shape index (κ2) is 8.15. The maximum atomic E-state index is 11.7. The first kappa shape index (κ1) is 21.9. The van der Waals surface area contributed by atoms with E-state index in [1.165, 1.54) is 12.8 Å². The van der Waals surface area contributed by atoms with Gasteiger partial charge in [-0.1, -0.05) is 19.9 Å². The van der Waals surface area contributed by atoms with Gasteiger partial charge in [-0.05, 0) is 6.42 Å². The van der Waals surface area contributed by atoms with Gasteiger partial charge in [-0.2, -0.15) is 30.7 Å². The van der Waals surface area contributed by atoms with Gasteiger partial charge in [0.2, 0.25) is 6.33 Å². The monoisotopic (exact) mass is 364 g/mol. The van der Waals surface area contributed by atoms with Crippen molar-refractivity contribution in [3.05, 3.63) is 25.3 Å². The lowest BCUT2D eigenvalue weighted by atomic mass is 10.1. The third-order valence-electron chi connectivity index (χ3n) is 2.70. The van der Waals surface area contributed by atoms with Crippen LogP contribution in [0.2, 0.25) is 0 Å². The molecular formula is C13H15F7N2O2. The number of hydrogen-bond acceptors (Lipinski definition) is 2. The summed E-state index contributed by atoms with van der Waals surface area (Å²) in [6.45, 7) is 6.98. The molecule has 1 aromatic heterocycles. The molecule has 0 N–H and O–H groups in total. The third kappa shape index (κ3) is 5.24. The molecule has 4 nitrogen and oxygen atoms in total. The maximum absolute atomic E-state index is 11.7. The Morgan fingerprint density at radius 2 is 1.79 bits per heavy atom. The largest absolute Gasteiger partial charge is 0.544 e. The number of carbonyl (C=O) groups excluding carboxylic acids is 1. The van der Waals surface area contributed by atoms with E-state index in [0.717, 1.165) is 6.54 Å². The number of halogens is 7. The van der Waals surface area contributed by atoms with E-state index in [-0.39, 0.29) is 0 Å². The standard InChI is InChI=1S/C9H15N2.C4HF7O2/c1-3-5-6-11-8-7-10(4-2)9-11;5-2(6,1(12)13)3(7,8)4(9,10)11/h4,7-9H,2-3,5-6H2,1H3;(H,12,13)/q+1;/p-1. The number of aryl methyl sites for hydroxylation is 1. The van der Waals surface area contributed by atoms with Crippen LogP contribution in [0.4, 0.5) is 30.7 Å². The molecule has 1 heterocycles. The van der Waals surface area contributed by atoms with E-state index in [9.17, 15) is 40.6 Å². The summed E-state index contributed by atoms with van der Waals surface area (Å²) in [6.07, 6.45) is 3.75. The van der Waals surface area contributed by atoms with Gasteiger partial charge in [-0.25, -0.2) is 9.13 Å². The van der Waals surface area contributed by atoms with Crippen LogP contribution in [0.25, 0.3) is 6.20 Å². The van der Waals surface area contributed by atoms with Gasteiger partial charge in [-0.15, -0.1) is 0 Å². The molecule has 0 aliphatic heterocycles. The van der Waals surface area contributed by atoms with Gasteiger partial charge in [0.15, 0.2) is 0 Å². The van der Waals surface area contributed by atoms with E-state index >= 15 is 0 Å². The van der Waals surface area contributed by atoms with Crippen LogP contribution < -0.4 is 9.67 Å². The average molecular weight is 364 g/mol. The number of hydrogen-bond donors (Lipinski definition) is 0. The topological polar surface area (TPSA) is 48.9 Å². The van der Waals surface area contributed by atoms with Crippen molar-refractivity contribution in [2.45, 2.75) is 44.3 Å². The van der Waals surface area contributed by atoms with Crippen molar-refractivity contribution in [3.8, 4) is 0 Å². The van der Waals surface area contributed by atoms with Crippen molar-refractivity contribution in [2.24, 2.45) is 0 Å². The summed E-state index contributed by atoms with van der Waals surface area (Å²) >= 11 is 0. The fraction of sp³-hybridized carbons (Fsp3) is 0.538. The number of nitrogens with zero attached hydrogens (tertiary/aromatic N) is 2. The first-order valence-corrected chi connectivity index (χ1v) is 6.54. The Labute approximate surface area is 132 Å². The van der Waals surface area contributed by atoms with Crippen LogP contribution in [0, 0.1) is 0 Å². The number of carboxylic acids is 1. The second-order valence-corrected chi connectivity index (χ2v) is 4.57. The zero-order valence-electron chi connectivity index (χ0n) is 12.5. The summed E-state index contributed by atoms with van der Waals surface area (Å²) in [5, 5.41) is 9.27. The molecule has 0 fully saturated rings. The molecule has 0 atom stereocenters. The fourth-order valence-corrected chi connectivity index (χ4v) is 1.30. The SMILES string of the molecule is C=Cn1cc[n+](CCCC)c1.O=C([O-])C(F)(F)C(F)(F)C(F)(F)F. The van der Waals surface area contributed by atoms with Crippen molar-refractivity contribution in [1.82, 2.24) is 4.57 Å². The molecule has 0 radical (unpaired) electrons. The Hall–Kier alpha value is -2.07. The first-order chi connectivity index (χ1) is 10.8. The van der Waals surface area contributed by atoms with Crippen molar-refractivity contribution >= 4 is 12.2 Å². The van der Waals surface area contributed by atoms with Gasteiger partial charge in [0.25, 0.3) is 0 Å². The smallest absolute Gasteiger partial charge is 0.460 e. The van der Waals surface area contributed by atoms with E-state index in [1.807, 2.05) is 17.1 Å². The Morgan fingerprint density at radius 3 is 2.08 bits per heavy atom. The molecule has 0 aliphatic rings. The summed E-state index contributed by atoms with van der Waals surface area (Å²) in [6, 6.07) is 0. The molecule has 0 bridgehead atoms. The van der Waals surface area contributed by atoms with Crippen molar-refractivity contribution in [2.75, 3.05) is 0 Å². The van der Waals surface area contributed by atoms with Gasteiger partial charge in [0, 0.05) is 0 Å². The Morgan fingerprint density at radius 1 is 1.25 bits per heavy atom. The van der Waals surface area contributed by atoms with Gasteiger partial charge >= 0.3 is 18.0 Å². The molecule has 0 saturated heterocycles. The van der Waals surface area contributed by atoms with Crippen molar-refractivity contribution < 1.29 is 45.2 Å². The van der Waals surface area contributed by atoms with Crippen LogP contribution in [0.5, 0.6) is 0 Å². The van der Waals surface area contributed by atoms with Gasteiger partial charge in [0.05, 0.1) is 12.7 Å². The minimum Gasteiger partial charge on any atom is -0.544 e. The highest BCUT2D eigenvalue weighted by Crippen LogP contribution is 2.46. The van der Waals surface area contributed by atoms with Gasteiger partial charge in [-0.3, -0.25) is 0 Å². The second-order valence-electron chi connectivity index (χ2n) is 4.57. The van der Waals surface area contributed by atoms with E-state index < -0.39 is 24.0 Å². The Balaban J connectivity index is 0.000000446. The molecule has 0 aliphatic carbocycles. The van der Waals surface area contributed by atoms with E-state index in [2.05, 4.69) is 24.3 Å². The molecule has 0 aromatic carbocycles. The van der Waals surface area contributed by atoms with E-state index in [1.54, 1.807) is 6.20 Å². The highest BCUT2D eigenvalue weighted by molar-refractivity contribution is 5.74. The molecule has 138 valence electrons. The molecule has 0 unspecified atom stereocenters.